The molecule has 0 saturated heterocycles. The van der Waals surface area contributed by atoms with Crippen LogP contribution in [-0.2, 0) is 12.8 Å². The van der Waals surface area contributed by atoms with Gasteiger partial charge in [-0.3, -0.25) is 14.3 Å². The molecule has 8 heteroatoms. The van der Waals surface area contributed by atoms with Gasteiger partial charge in [-0.1, -0.05) is 18.2 Å². The highest BCUT2D eigenvalue weighted by Crippen LogP contribution is 2.37. The maximum Gasteiger partial charge on any atom is 0.253 e. The van der Waals surface area contributed by atoms with Crippen molar-refractivity contribution in [3.05, 3.63) is 82.2 Å². The van der Waals surface area contributed by atoms with Gasteiger partial charge in [0.15, 0.2) is 5.82 Å². The number of aromatic hydroxyl groups is 1. The minimum atomic E-state index is -0.804. The zero-order valence-corrected chi connectivity index (χ0v) is 17.6. The van der Waals surface area contributed by atoms with Gasteiger partial charge in [0.25, 0.3) is 5.91 Å². The number of anilines is 1. The number of aromatic nitrogens is 2. The third-order valence-electron chi connectivity index (χ3n) is 5.69. The van der Waals surface area contributed by atoms with Crippen LogP contribution in [0.2, 0.25) is 0 Å². The predicted molar refractivity (Wildman–Crippen MR) is 119 cm³/mol. The number of primary amides is 1. The van der Waals surface area contributed by atoms with Crippen LogP contribution in [-0.4, -0.2) is 20.6 Å². The third kappa shape index (κ3) is 3.43. The lowest BCUT2D eigenvalue weighted by Crippen LogP contribution is -2.14. The second-order valence-electron chi connectivity index (χ2n) is 7.74. The average molecular weight is 436 g/mol. The van der Waals surface area contributed by atoms with Crippen LogP contribution in [0, 0.1) is 25.5 Å². The van der Waals surface area contributed by atoms with E-state index in [1.54, 1.807) is 32.0 Å². The van der Waals surface area contributed by atoms with Crippen molar-refractivity contribution in [2.75, 3.05) is 5.73 Å². The highest BCUT2D eigenvalue weighted by atomic mass is 19.1. The van der Waals surface area contributed by atoms with Gasteiger partial charge in [-0.15, -0.1) is 0 Å². The van der Waals surface area contributed by atoms with Crippen molar-refractivity contribution in [3.8, 4) is 11.4 Å². The maximum atomic E-state index is 15.8. The quantitative estimate of drug-likeness (QED) is 0.438. The third-order valence-corrected chi connectivity index (χ3v) is 5.69. The molecule has 2 heterocycles. The van der Waals surface area contributed by atoms with E-state index < -0.39 is 11.7 Å². The van der Waals surface area contributed by atoms with Crippen LogP contribution in [0.3, 0.4) is 0 Å². The van der Waals surface area contributed by atoms with Gasteiger partial charge in [-0.25, -0.2) is 8.78 Å². The summed E-state index contributed by atoms with van der Waals surface area (Å²) in [6.45, 7) is 3.48. The summed E-state index contributed by atoms with van der Waals surface area (Å²) in [5.41, 5.74) is 14.6. The molecule has 4 aromatic rings. The Labute approximate surface area is 183 Å². The smallest absolute Gasteiger partial charge is 0.253 e. The fourth-order valence-electron chi connectivity index (χ4n) is 4.04. The lowest BCUT2D eigenvalue weighted by atomic mass is 10.1. The molecule has 1 amide bonds. The van der Waals surface area contributed by atoms with Crippen LogP contribution in [0.15, 0.2) is 42.6 Å². The number of aryl methyl sites for hydroxylation is 3. The van der Waals surface area contributed by atoms with Gasteiger partial charge < -0.3 is 16.6 Å². The lowest BCUT2D eigenvalue weighted by Gasteiger charge is -2.16. The van der Waals surface area contributed by atoms with E-state index >= 15 is 4.39 Å². The molecule has 0 bridgehead atoms. The lowest BCUT2D eigenvalue weighted by molar-refractivity contribution is 0.100. The Kier molecular flexibility index (Phi) is 5.30. The summed E-state index contributed by atoms with van der Waals surface area (Å²) >= 11 is 0. The van der Waals surface area contributed by atoms with E-state index in [0.717, 1.165) is 11.1 Å². The second kappa shape index (κ2) is 7.96. The molecule has 0 unspecified atom stereocenters. The van der Waals surface area contributed by atoms with Crippen LogP contribution in [0.5, 0.6) is 5.75 Å². The van der Waals surface area contributed by atoms with E-state index in [4.69, 9.17) is 11.5 Å². The molecule has 2 aromatic heterocycles. The van der Waals surface area contributed by atoms with Gasteiger partial charge in [0.1, 0.15) is 17.4 Å². The molecule has 0 aliphatic carbocycles. The summed E-state index contributed by atoms with van der Waals surface area (Å²) < 4.78 is 30.4. The number of rotatable bonds is 5. The standard InChI is InChI=1S/C24H22F2N4O2/c1-12-3-10-18(31)13(2)21(12)30-22-16(19(23(30)27)24(28)32)11-29-17(20(22)26)9-6-14-4-7-15(25)8-5-14/h3-5,7-8,10-11,31H,6,9,27H2,1-2H3,(H2,28,32). The zero-order chi connectivity index (χ0) is 23.2. The summed E-state index contributed by atoms with van der Waals surface area (Å²) in [6, 6.07) is 9.19. The Bertz CT molecular complexity index is 1360. The van der Waals surface area contributed by atoms with Crippen molar-refractivity contribution in [1.29, 1.82) is 0 Å². The molecule has 164 valence electrons. The van der Waals surface area contributed by atoms with E-state index in [9.17, 15) is 14.3 Å². The number of carbonyl (C=O) groups is 1. The number of benzene rings is 2. The summed E-state index contributed by atoms with van der Waals surface area (Å²) in [5, 5.41) is 10.4. The summed E-state index contributed by atoms with van der Waals surface area (Å²) in [5.74, 6) is -1.80. The van der Waals surface area contributed by atoms with Gasteiger partial charge in [0, 0.05) is 17.1 Å². The van der Waals surface area contributed by atoms with E-state index in [1.807, 2.05) is 0 Å². The number of nitrogens with zero attached hydrogens (tertiary/aromatic N) is 2. The molecule has 0 spiro atoms. The highest BCUT2D eigenvalue weighted by molar-refractivity contribution is 6.11. The van der Waals surface area contributed by atoms with Crippen LogP contribution in [0.25, 0.3) is 16.6 Å². The average Bonchev–Trinajstić information content (AvgIpc) is 3.05. The summed E-state index contributed by atoms with van der Waals surface area (Å²) in [7, 11) is 0. The van der Waals surface area contributed by atoms with Gasteiger partial charge in [0.05, 0.1) is 22.5 Å². The normalized spacial score (nSPS) is 11.2. The maximum absolute atomic E-state index is 15.8. The van der Waals surface area contributed by atoms with Gasteiger partial charge in [0.2, 0.25) is 0 Å². The molecule has 0 radical (unpaired) electrons. The number of carbonyl (C=O) groups excluding carboxylic acids is 1. The summed E-state index contributed by atoms with van der Waals surface area (Å²) in [4.78, 5) is 16.4. The van der Waals surface area contributed by atoms with E-state index in [0.29, 0.717) is 17.7 Å². The topological polar surface area (TPSA) is 107 Å². The first-order chi connectivity index (χ1) is 15.2. The number of phenols is 1. The van der Waals surface area contributed by atoms with Crippen molar-refractivity contribution < 1.29 is 18.7 Å². The van der Waals surface area contributed by atoms with E-state index in [2.05, 4.69) is 4.98 Å². The predicted octanol–water partition coefficient (Wildman–Crippen LogP) is 4.09. The number of nitrogen functional groups attached to an aromatic ring is 1. The number of hydrogen-bond donors (Lipinski definition) is 3. The first-order valence-electron chi connectivity index (χ1n) is 10.0. The SMILES string of the molecule is Cc1ccc(O)c(C)c1-n1c(N)c(C(N)=O)c2cnc(CCc3ccc(F)cc3)c(F)c21. The van der Waals surface area contributed by atoms with Crippen molar-refractivity contribution in [3.63, 3.8) is 0 Å². The molecule has 0 aliphatic heterocycles. The second-order valence-corrected chi connectivity index (χ2v) is 7.74. The zero-order valence-electron chi connectivity index (χ0n) is 17.6. The van der Waals surface area contributed by atoms with Crippen LogP contribution in [0.1, 0.15) is 32.7 Å². The number of nitrogens with two attached hydrogens (primary N) is 2. The molecule has 0 aliphatic rings. The number of pyridine rings is 1. The van der Waals surface area contributed by atoms with Crippen molar-refractivity contribution in [1.82, 2.24) is 9.55 Å². The van der Waals surface area contributed by atoms with Crippen LogP contribution < -0.4 is 11.5 Å². The minimum Gasteiger partial charge on any atom is -0.508 e. The van der Waals surface area contributed by atoms with Gasteiger partial charge >= 0.3 is 0 Å². The fourth-order valence-corrected chi connectivity index (χ4v) is 4.04. The molecule has 4 rings (SSSR count). The molecule has 6 nitrogen and oxygen atoms in total. The number of phenolic OH excluding ortho intramolecular Hbond substituents is 1. The Hall–Kier alpha value is -3.94. The van der Waals surface area contributed by atoms with E-state index in [1.165, 1.54) is 29.0 Å². The highest BCUT2D eigenvalue weighted by Gasteiger charge is 2.26. The Morgan fingerprint density at radius 2 is 1.78 bits per heavy atom. The molecular weight excluding hydrogens is 414 g/mol. The first-order valence-corrected chi connectivity index (χ1v) is 10.0. The Balaban J connectivity index is 1.93. The van der Waals surface area contributed by atoms with Crippen LogP contribution in [0.4, 0.5) is 14.6 Å². The number of hydrogen-bond acceptors (Lipinski definition) is 4. The molecule has 5 N–H and O–H groups in total. The minimum absolute atomic E-state index is 0.0125. The number of amides is 1. The largest absolute Gasteiger partial charge is 0.508 e. The van der Waals surface area contributed by atoms with Crippen LogP contribution >= 0.6 is 0 Å². The number of halogens is 2. The molecule has 0 fully saturated rings. The van der Waals surface area contributed by atoms with Crippen molar-refractivity contribution in [2.24, 2.45) is 5.73 Å². The monoisotopic (exact) mass is 436 g/mol. The molecule has 32 heavy (non-hydrogen) atoms. The fraction of sp³-hybridized carbons (Fsp3) is 0.167. The van der Waals surface area contributed by atoms with Crippen molar-refractivity contribution in [2.45, 2.75) is 26.7 Å². The molecular formula is C24H22F2N4O2. The number of fused-ring (bicyclic) bond motifs is 1. The molecule has 0 saturated carbocycles. The Morgan fingerprint density at radius 3 is 2.44 bits per heavy atom. The van der Waals surface area contributed by atoms with Gasteiger partial charge in [-0.2, -0.15) is 0 Å². The molecule has 0 atom stereocenters. The van der Waals surface area contributed by atoms with E-state index in [-0.39, 0.29) is 46.0 Å². The Morgan fingerprint density at radius 1 is 1.09 bits per heavy atom. The first kappa shape index (κ1) is 21.3. The summed E-state index contributed by atoms with van der Waals surface area (Å²) in [6.07, 6.45) is 2.08. The molecule has 2 aromatic carbocycles. The van der Waals surface area contributed by atoms with Gasteiger partial charge in [-0.05, 0) is 56.0 Å². The van der Waals surface area contributed by atoms with Crippen molar-refractivity contribution >= 4 is 22.6 Å².